The van der Waals surface area contributed by atoms with Crippen LogP contribution < -0.4 is 0 Å². The molecule has 1 aromatic heterocycles. The molecule has 0 aliphatic carbocycles. The maximum absolute atomic E-state index is 12.6. The Morgan fingerprint density at radius 1 is 1.04 bits per heavy atom. The minimum absolute atomic E-state index is 0.0205. The summed E-state index contributed by atoms with van der Waals surface area (Å²) in [7, 11) is 1.81. The maximum Gasteiger partial charge on any atom is 0.257 e. The molecule has 0 N–H and O–H groups in total. The number of carbonyl (C=O) groups excluding carboxylic acids is 1. The molecule has 3 aromatic rings. The van der Waals surface area contributed by atoms with E-state index in [9.17, 15) is 4.79 Å². The van der Waals surface area contributed by atoms with Crippen molar-refractivity contribution in [1.82, 2.24) is 15.0 Å². The van der Waals surface area contributed by atoms with Crippen molar-refractivity contribution in [3.8, 4) is 11.5 Å². The molecule has 5 nitrogen and oxygen atoms in total. The quantitative estimate of drug-likeness (QED) is 0.710. The first-order valence-electron chi connectivity index (χ1n) is 8.31. The lowest BCUT2D eigenvalue weighted by molar-refractivity contribution is 0.0785. The van der Waals surface area contributed by atoms with Gasteiger partial charge in [-0.05, 0) is 48.7 Å². The van der Waals surface area contributed by atoms with Crippen LogP contribution in [-0.4, -0.2) is 28.0 Å². The van der Waals surface area contributed by atoms with Crippen LogP contribution in [0.4, 0.5) is 0 Å². The van der Waals surface area contributed by atoms with Crippen LogP contribution in [0.15, 0.2) is 53.1 Å². The van der Waals surface area contributed by atoms with Gasteiger partial charge in [0, 0.05) is 24.7 Å². The van der Waals surface area contributed by atoms with Crippen LogP contribution in [0.3, 0.4) is 0 Å². The highest BCUT2D eigenvalue weighted by Crippen LogP contribution is 2.18. The first-order chi connectivity index (χ1) is 12.1. The summed E-state index contributed by atoms with van der Waals surface area (Å²) < 4.78 is 5.14. The Labute approximate surface area is 147 Å². The highest BCUT2D eigenvalue weighted by molar-refractivity contribution is 5.94. The van der Waals surface area contributed by atoms with Gasteiger partial charge in [-0.2, -0.15) is 4.98 Å². The van der Waals surface area contributed by atoms with Gasteiger partial charge in [0.1, 0.15) is 0 Å². The van der Waals surface area contributed by atoms with Gasteiger partial charge in [0.25, 0.3) is 11.8 Å². The molecule has 1 heterocycles. The fourth-order valence-corrected chi connectivity index (χ4v) is 2.62. The van der Waals surface area contributed by atoms with Gasteiger partial charge < -0.3 is 9.42 Å². The molecule has 25 heavy (non-hydrogen) atoms. The van der Waals surface area contributed by atoms with Crippen LogP contribution in [-0.2, 0) is 13.0 Å². The second-order valence-electron chi connectivity index (χ2n) is 6.06. The molecule has 0 aliphatic rings. The van der Waals surface area contributed by atoms with Crippen molar-refractivity contribution in [2.24, 2.45) is 0 Å². The normalized spacial score (nSPS) is 10.7. The number of aromatic nitrogens is 2. The monoisotopic (exact) mass is 335 g/mol. The fraction of sp³-hybridized carbons (Fsp3) is 0.250. The van der Waals surface area contributed by atoms with E-state index in [0.29, 0.717) is 23.8 Å². The molecular weight excluding hydrogens is 314 g/mol. The van der Waals surface area contributed by atoms with Crippen molar-refractivity contribution < 1.29 is 9.32 Å². The van der Waals surface area contributed by atoms with Gasteiger partial charge in [0.2, 0.25) is 0 Å². The first kappa shape index (κ1) is 16.9. The average Bonchev–Trinajstić information content (AvgIpc) is 3.08. The summed E-state index contributed by atoms with van der Waals surface area (Å²) in [5.74, 6) is 1.03. The van der Waals surface area contributed by atoms with Crippen molar-refractivity contribution in [2.75, 3.05) is 7.05 Å². The number of amides is 1. The molecule has 0 fully saturated rings. The van der Waals surface area contributed by atoms with E-state index in [1.54, 1.807) is 24.0 Å². The van der Waals surface area contributed by atoms with Crippen LogP contribution in [0.25, 0.3) is 11.5 Å². The zero-order valence-electron chi connectivity index (χ0n) is 14.7. The lowest BCUT2D eigenvalue weighted by atomic mass is 10.1. The Bertz CT molecular complexity index is 851. The van der Waals surface area contributed by atoms with Crippen molar-refractivity contribution in [3.05, 3.63) is 71.0 Å². The molecule has 2 aromatic carbocycles. The van der Waals surface area contributed by atoms with Crippen LogP contribution in [0.5, 0.6) is 0 Å². The van der Waals surface area contributed by atoms with E-state index in [1.165, 1.54) is 5.56 Å². The van der Waals surface area contributed by atoms with Crippen molar-refractivity contribution in [2.45, 2.75) is 26.8 Å². The Hall–Kier alpha value is -2.95. The number of hydrogen-bond acceptors (Lipinski definition) is 4. The van der Waals surface area contributed by atoms with Crippen LogP contribution in [0.2, 0.25) is 0 Å². The van der Waals surface area contributed by atoms with Crippen molar-refractivity contribution in [1.29, 1.82) is 0 Å². The molecule has 128 valence electrons. The highest BCUT2D eigenvalue weighted by Gasteiger charge is 2.13. The molecule has 1 amide bonds. The smallest absolute Gasteiger partial charge is 0.257 e. The lowest BCUT2D eigenvalue weighted by Crippen LogP contribution is -2.26. The molecule has 5 heteroatoms. The average molecular weight is 335 g/mol. The Kier molecular flexibility index (Phi) is 4.93. The molecule has 0 unspecified atom stereocenters. The molecule has 3 rings (SSSR count). The van der Waals surface area contributed by atoms with E-state index in [-0.39, 0.29) is 5.91 Å². The van der Waals surface area contributed by atoms with Crippen LogP contribution in [0, 0.1) is 6.92 Å². The second-order valence-corrected chi connectivity index (χ2v) is 6.06. The SMILES string of the molecule is CCc1ccc(CN(C)C(=O)c2ccc(-c3nc(C)no3)cc2)cc1. The predicted molar refractivity (Wildman–Crippen MR) is 96.1 cm³/mol. The third kappa shape index (κ3) is 3.94. The van der Waals surface area contributed by atoms with Gasteiger partial charge in [-0.25, -0.2) is 0 Å². The standard InChI is InChI=1S/C20H21N3O2/c1-4-15-5-7-16(8-6-15)13-23(3)20(24)18-11-9-17(10-12-18)19-21-14(2)22-25-19/h5-12H,4,13H2,1-3H3. The van der Waals surface area contributed by atoms with Crippen LogP contribution >= 0.6 is 0 Å². The van der Waals surface area contributed by atoms with Gasteiger partial charge in [0.05, 0.1) is 0 Å². The second kappa shape index (κ2) is 7.30. The summed E-state index contributed by atoms with van der Waals surface area (Å²) in [4.78, 5) is 18.5. The Balaban J connectivity index is 1.68. The van der Waals surface area contributed by atoms with E-state index in [4.69, 9.17) is 4.52 Å². The number of nitrogens with zero attached hydrogens (tertiary/aromatic N) is 3. The minimum atomic E-state index is -0.0205. The van der Waals surface area contributed by atoms with E-state index in [2.05, 4.69) is 41.3 Å². The van der Waals surface area contributed by atoms with Gasteiger partial charge >= 0.3 is 0 Å². The van der Waals surface area contributed by atoms with Crippen molar-refractivity contribution >= 4 is 5.91 Å². The summed E-state index contributed by atoms with van der Waals surface area (Å²) >= 11 is 0. The fourth-order valence-electron chi connectivity index (χ4n) is 2.62. The number of aryl methyl sites for hydroxylation is 2. The molecule has 0 spiro atoms. The van der Waals surface area contributed by atoms with E-state index in [0.717, 1.165) is 17.5 Å². The van der Waals surface area contributed by atoms with Gasteiger partial charge in [-0.3, -0.25) is 4.79 Å². The van der Waals surface area contributed by atoms with Gasteiger partial charge in [0.15, 0.2) is 5.82 Å². The van der Waals surface area contributed by atoms with E-state index >= 15 is 0 Å². The summed E-state index contributed by atoms with van der Waals surface area (Å²) in [5, 5.41) is 3.78. The third-order valence-corrected chi connectivity index (χ3v) is 4.10. The number of hydrogen-bond donors (Lipinski definition) is 0. The van der Waals surface area contributed by atoms with Crippen molar-refractivity contribution in [3.63, 3.8) is 0 Å². The summed E-state index contributed by atoms with van der Waals surface area (Å²) in [6.45, 7) is 4.48. The summed E-state index contributed by atoms with van der Waals surface area (Å²) in [6.07, 6.45) is 1.01. The predicted octanol–water partition coefficient (Wildman–Crippen LogP) is 3.88. The number of rotatable bonds is 5. The van der Waals surface area contributed by atoms with E-state index in [1.807, 2.05) is 19.2 Å². The maximum atomic E-state index is 12.6. The van der Waals surface area contributed by atoms with Gasteiger partial charge in [-0.1, -0.05) is 36.3 Å². The lowest BCUT2D eigenvalue weighted by Gasteiger charge is -2.17. The summed E-state index contributed by atoms with van der Waals surface area (Å²) in [6, 6.07) is 15.6. The molecular formula is C20H21N3O2. The Morgan fingerprint density at radius 2 is 1.68 bits per heavy atom. The topological polar surface area (TPSA) is 59.2 Å². The summed E-state index contributed by atoms with van der Waals surface area (Å²) in [5.41, 5.74) is 3.85. The zero-order valence-corrected chi connectivity index (χ0v) is 14.7. The molecule has 0 atom stereocenters. The largest absolute Gasteiger partial charge is 0.337 e. The van der Waals surface area contributed by atoms with Gasteiger partial charge in [-0.15, -0.1) is 0 Å². The first-order valence-corrected chi connectivity index (χ1v) is 8.31. The number of benzene rings is 2. The molecule has 0 radical (unpaired) electrons. The number of carbonyl (C=O) groups is 1. The van der Waals surface area contributed by atoms with Crippen LogP contribution in [0.1, 0.15) is 34.2 Å². The molecule has 0 saturated heterocycles. The Morgan fingerprint density at radius 3 is 2.24 bits per heavy atom. The zero-order chi connectivity index (χ0) is 17.8. The minimum Gasteiger partial charge on any atom is -0.337 e. The highest BCUT2D eigenvalue weighted by atomic mass is 16.5. The third-order valence-electron chi connectivity index (χ3n) is 4.10. The molecule has 0 saturated carbocycles. The molecule has 0 aliphatic heterocycles. The molecule has 0 bridgehead atoms. The van der Waals surface area contributed by atoms with E-state index < -0.39 is 0 Å².